The van der Waals surface area contributed by atoms with Crippen molar-refractivity contribution < 1.29 is 18.7 Å². The number of imide groups is 1. The Morgan fingerprint density at radius 1 is 1.07 bits per heavy atom. The molecule has 4 rings (SSSR count). The SMILES string of the molecule is O=C1S/C(=C\c2ccc(F)c(Br)c2)C(=O)N1CCOc1cccc2ccccc12. The van der Waals surface area contributed by atoms with E-state index in [1.54, 1.807) is 18.2 Å². The molecule has 7 heteroatoms. The number of halogens is 2. The monoisotopic (exact) mass is 471 g/mol. The van der Waals surface area contributed by atoms with Crippen LogP contribution < -0.4 is 4.74 Å². The summed E-state index contributed by atoms with van der Waals surface area (Å²) in [6.45, 7) is 0.347. The largest absolute Gasteiger partial charge is 0.491 e. The van der Waals surface area contributed by atoms with Crippen LogP contribution in [0.4, 0.5) is 9.18 Å². The van der Waals surface area contributed by atoms with E-state index in [9.17, 15) is 14.0 Å². The van der Waals surface area contributed by atoms with E-state index in [1.165, 1.54) is 11.0 Å². The molecule has 0 radical (unpaired) electrons. The summed E-state index contributed by atoms with van der Waals surface area (Å²) in [4.78, 5) is 26.3. The highest BCUT2D eigenvalue weighted by Crippen LogP contribution is 2.33. The predicted octanol–water partition coefficient (Wildman–Crippen LogP) is 5.86. The summed E-state index contributed by atoms with van der Waals surface area (Å²) in [6.07, 6.45) is 1.58. The topological polar surface area (TPSA) is 46.6 Å². The molecule has 0 spiro atoms. The molecule has 29 heavy (non-hydrogen) atoms. The van der Waals surface area contributed by atoms with Crippen molar-refractivity contribution in [3.05, 3.63) is 81.4 Å². The zero-order valence-electron chi connectivity index (χ0n) is 15.1. The molecule has 0 bridgehead atoms. The summed E-state index contributed by atoms with van der Waals surface area (Å²) < 4.78 is 19.5. The molecule has 0 atom stereocenters. The van der Waals surface area contributed by atoms with Gasteiger partial charge in [0.05, 0.1) is 15.9 Å². The first kappa shape index (κ1) is 19.7. The van der Waals surface area contributed by atoms with Gasteiger partial charge in [-0.1, -0.05) is 42.5 Å². The average Bonchev–Trinajstić information content (AvgIpc) is 2.98. The lowest BCUT2D eigenvalue weighted by atomic mass is 10.1. The fraction of sp³-hybridized carbons (Fsp3) is 0.0909. The van der Waals surface area contributed by atoms with Crippen LogP contribution in [0.25, 0.3) is 16.8 Å². The van der Waals surface area contributed by atoms with Crippen LogP contribution in [0.1, 0.15) is 5.56 Å². The van der Waals surface area contributed by atoms with Crippen molar-refractivity contribution >= 4 is 55.7 Å². The molecule has 146 valence electrons. The molecule has 3 aromatic carbocycles. The molecule has 1 aliphatic rings. The minimum atomic E-state index is -0.388. The average molecular weight is 472 g/mol. The number of amides is 2. The summed E-state index contributed by atoms with van der Waals surface area (Å²) in [6, 6.07) is 18.0. The van der Waals surface area contributed by atoms with Gasteiger partial charge >= 0.3 is 0 Å². The molecule has 1 saturated heterocycles. The van der Waals surface area contributed by atoms with Crippen molar-refractivity contribution in [3.63, 3.8) is 0 Å². The van der Waals surface area contributed by atoms with Crippen LogP contribution in [0.15, 0.2) is 70.0 Å². The van der Waals surface area contributed by atoms with E-state index in [0.29, 0.717) is 20.7 Å². The van der Waals surface area contributed by atoms with Crippen LogP contribution in [0, 0.1) is 5.82 Å². The van der Waals surface area contributed by atoms with Gasteiger partial charge in [0.15, 0.2) is 0 Å². The Balaban J connectivity index is 1.44. The van der Waals surface area contributed by atoms with Crippen molar-refractivity contribution in [2.75, 3.05) is 13.2 Å². The van der Waals surface area contributed by atoms with Gasteiger partial charge in [0.2, 0.25) is 0 Å². The quantitative estimate of drug-likeness (QED) is 0.437. The minimum Gasteiger partial charge on any atom is -0.491 e. The number of carbonyl (C=O) groups excluding carboxylic acids is 2. The zero-order valence-corrected chi connectivity index (χ0v) is 17.5. The van der Waals surface area contributed by atoms with Crippen LogP contribution >= 0.6 is 27.7 Å². The molecule has 0 aromatic heterocycles. The summed E-state index contributed by atoms with van der Waals surface area (Å²) in [5.41, 5.74) is 0.635. The van der Waals surface area contributed by atoms with E-state index in [4.69, 9.17) is 4.74 Å². The van der Waals surface area contributed by atoms with Gasteiger partial charge in [0, 0.05) is 5.39 Å². The van der Waals surface area contributed by atoms with Crippen LogP contribution in [-0.2, 0) is 4.79 Å². The predicted molar refractivity (Wildman–Crippen MR) is 116 cm³/mol. The van der Waals surface area contributed by atoms with Crippen LogP contribution in [0.5, 0.6) is 5.75 Å². The Hall–Kier alpha value is -2.64. The van der Waals surface area contributed by atoms with Gasteiger partial charge < -0.3 is 4.74 Å². The first-order valence-electron chi connectivity index (χ1n) is 8.84. The smallest absolute Gasteiger partial charge is 0.293 e. The Kier molecular flexibility index (Phi) is 5.69. The molecule has 0 N–H and O–H groups in total. The number of benzene rings is 3. The van der Waals surface area contributed by atoms with Gasteiger partial charge in [-0.25, -0.2) is 4.39 Å². The lowest BCUT2D eigenvalue weighted by Crippen LogP contribution is -2.32. The highest BCUT2D eigenvalue weighted by Gasteiger charge is 2.34. The second kappa shape index (κ2) is 8.39. The number of nitrogens with zero attached hydrogens (tertiary/aromatic N) is 1. The van der Waals surface area contributed by atoms with E-state index in [0.717, 1.165) is 22.5 Å². The molecular formula is C22H15BrFNO3S. The number of hydrogen-bond acceptors (Lipinski definition) is 4. The normalized spacial score (nSPS) is 15.5. The number of ether oxygens (including phenoxy) is 1. The standard InChI is InChI=1S/C22H15BrFNO3S/c23-17-12-14(8-9-18(17)24)13-20-21(26)25(22(27)29-20)10-11-28-19-7-3-5-15-4-1-2-6-16(15)19/h1-9,12-13H,10-11H2/b20-13-. The summed E-state index contributed by atoms with van der Waals surface area (Å²) in [7, 11) is 0. The van der Waals surface area contributed by atoms with Gasteiger partial charge in [0.1, 0.15) is 18.2 Å². The van der Waals surface area contributed by atoms with Crippen LogP contribution in [-0.4, -0.2) is 29.2 Å². The van der Waals surface area contributed by atoms with Crippen molar-refractivity contribution in [3.8, 4) is 5.75 Å². The second-order valence-corrected chi connectivity index (χ2v) is 8.18. The third kappa shape index (κ3) is 4.21. The van der Waals surface area contributed by atoms with Crippen LogP contribution in [0.2, 0.25) is 0 Å². The number of fused-ring (bicyclic) bond motifs is 1. The number of rotatable bonds is 5. The fourth-order valence-electron chi connectivity index (χ4n) is 3.01. The van der Waals surface area contributed by atoms with E-state index in [1.807, 2.05) is 42.5 Å². The Bertz CT molecular complexity index is 1140. The number of thioether (sulfide) groups is 1. The Morgan fingerprint density at radius 2 is 1.86 bits per heavy atom. The van der Waals surface area contributed by atoms with Crippen LogP contribution in [0.3, 0.4) is 0 Å². The maximum Gasteiger partial charge on any atom is 0.293 e. The molecule has 0 saturated carbocycles. The van der Waals surface area contributed by atoms with E-state index < -0.39 is 0 Å². The number of carbonyl (C=O) groups is 2. The first-order valence-corrected chi connectivity index (χ1v) is 10.4. The Labute approximate surface area is 179 Å². The highest BCUT2D eigenvalue weighted by atomic mass is 79.9. The molecule has 3 aromatic rings. The first-order chi connectivity index (χ1) is 14.0. The lowest BCUT2D eigenvalue weighted by Gasteiger charge is -2.14. The second-order valence-electron chi connectivity index (χ2n) is 6.33. The maximum absolute atomic E-state index is 13.4. The van der Waals surface area contributed by atoms with Gasteiger partial charge in [-0.2, -0.15) is 0 Å². The summed E-state index contributed by atoms with van der Waals surface area (Å²) >= 11 is 3.99. The van der Waals surface area contributed by atoms with Crippen molar-refractivity contribution in [1.29, 1.82) is 0 Å². The highest BCUT2D eigenvalue weighted by molar-refractivity contribution is 9.10. The van der Waals surface area contributed by atoms with Crippen molar-refractivity contribution in [1.82, 2.24) is 4.90 Å². The third-order valence-electron chi connectivity index (χ3n) is 4.44. The minimum absolute atomic E-state index is 0.151. The summed E-state index contributed by atoms with van der Waals surface area (Å²) in [5.74, 6) is -0.0513. The van der Waals surface area contributed by atoms with Gasteiger partial charge in [-0.3, -0.25) is 14.5 Å². The fourth-order valence-corrected chi connectivity index (χ4v) is 4.28. The number of hydrogen-bond donors (Lipinski definition) is 0. The van der Waals surface area contributed by atoms with Gasteiger partial charge in [-0.05, 0) is 62.9 Å². The van der Waals surface area contributed by atoms with Gasteiger partial charge in [-0.15, -0.1) is 0 Å². The maximum atomic E-state index is 13.4. The Morgan fingerprint density at radius 3 is 2.69 bits per heavy atom. The summed E-state index contributed by atoms with van der Waals surface area (Å²) in [5, 5.41) is 1.69. The van der Waals surface area contributed by atoms with E-state index in [2.05, 4.69) is 15.9 Å². The zero-order chi connectivity index (χ0) is 20.4. The molecule has 1 aliphatic heterocycles. The molecular weight excluding hydrogens is 457 g/mol. The molecule has 0 unspecified atom stereocenters. The third-order valence-corrected chi connectivity index (χ3v) is 5.95. The van der Waals surface area contributed by atoms with Crippen molar-refractivity contribution in [2.24, 2.45) is 0 Å². The molecule has 1 heterocycles. The molecule has 4 nitrogen and oxygen atoms in total. The lowest BCUT2D eigenvalue weighted by molar-refractivity contribution is -0.123. The molecule has 1 fully saturated rings. The van der Waals surface area contributed by atoms with E-state index >= 15 is 0 Å². The van der Waals surface area contributed by atoms with E-state index in [-0.39, 0.29) is 30.1 Å². The molecule has 0 aliphatic carbocycles. The van der Waals surface area contributed by atoms with Gasteiger partial charge in [0.25, 0.3) is 11.1 Å². The van der Waals surface area contributed by atoms with Crippen molar-refractivity contribution in [2.45, 2.75) is 0 Å². The molecule has 2 amide bonds.